The number of hydrogen-bond acceptors (Lipinski definition) is 3. The summed E-state index contributed by atoms with van der Waals surface area (Å²) in [6.07, 6.45) is 3.41. The van der Waals surface area contributed by atoms with E-state index in [1.807, 2.05) is 24.3 Å². The molecule has 5 nitrogen and oxygen atoms in total. The van der Waals surface area contributed by atoms with E-state index < -0.39 is 0 Å². The Hall–Kier alpha value is -1.56. The van der Waals surface area contributed by atoms with Crippen LogP contribution in [0.4, 0.5) is 0 Å². The molecule has 2 heterocycles. The molecule has 124 valence electrons. The van der Waals surface area contributed by atoms with Crippen molar-refractivity contribution in [3.63, 3.8) is 0 Å². The largest absolute Gasteiger partial charge is 0.352 e. The number of nitrogens with zero attached hydrogens (tertiary/aromatic N) is 1. The quantitative estimate of drug-likeness (QED) is 0.773. The average Bonchev–Trinajstić information content (AvgIpc) is 3.17. The van der Waals surface area contributed by atoms with Gasteiger partial charge in [0.05, 0.1) is 11.9 Å². The normalized spacial score (nSPS) is 16.8. The Labute approximate surface area is 146 Å². The monoisotopic (exact) mass is 354 g/mol. The van der Waals surface area contributed by atoms with Crippen LogP contribution >= 0.6 is 24.0 Å². The van der Waals surface area contributed by atoms with Crippen LogP contribution < -0.4 is 10.6 Å². The Morgan fingerprint density at radius 1 is 1.35 bits per heavy atom. The van der Waals surface area contributed by atoms with Crippen molar-refractivity contribution < 1.29 is 4.79 Å². The fourth-order valence-corrected chi connectivity index (χ4v) is 2.85. The van der Waals surface area contributed by atoms with Crippen molar-refractivity contribution in [2.24, 2.45) is 5.92 Å². The van der Waals surface area contributed by atoms with Crippen molar-refractivity contribution in [1.29, 1.82) is 0 Å². The number of benzene rings is 1. The van der Waals surface area contributed by atoms with Gasteiger partial charge >= 0.3 is 0 Å². The fourth-order valence-electron chi connectivity index (χ4n) is 2.73. The summed E-state index contributed by atoms with van der Waals surface area (Å²) in [6.45, 7) is 2.43. The molecule has 1 aromatic carbocycles. The molecule has 1 aliphatic rings. The lowest BCUT2D eigenvalue weighted by Gasteiger charge is -2.09. The van der Waals surface area contributed by atoms with Crippen molar-refractivity contribution in [3.05, 3.63) is 41.0 Å². The van der Waals surface area contributed by atoms with E-state index in [-0.39, 0.29) is 18.3 Å². The molecule has 2 aromatic rings. The van der Waals surface area contributed by atoms with Crippen molar-refractivity contribution in [2.75, 3.05) is 13.1 Å². The Kier molecular flexibility index (Phi) is 6.45. The van der Waals surface area contributed by atoms with Gasteiger partial charge in [0.2, 0.25) is 5.91 Å². The van der Waals surface area contributed by atoms with Crippen molar-refractivity contribution in [3.8, 4) is 11.3 Å². The third-order valence-corrected chi connectivity index (χ3v) is 4.22. The minimum Gasteiger partial charge on any atom is -0.352 e. The summed E-state index contributed by atoms with van der Waals surface area (Å²) in [4.78, 5) is 12.0. The van der Waals surface area contributed by atoms with Crippen molar-refractivity contribution >= 4 is 29.9 Å². The lowest BCUT2D eigenvalue weighted by atomic mass is 10.0. The Morgan fingerprint density at radius 3 is 2.83 bits per heavy atom. The summed E-state index contributed by atoms with van der Waals surface area (Å²) in [5.74, 6) is 0.553. The van der Waals surface area contributed by atoms with Gasteiger partial charge in [-0.3, -0.25) is 9.89 Å². The van der Waals surface area contributed by atoms with Gasteiger partial charge in [0, 0.05) is 23.6 Å². The molecule has 1 atom stereocenters. The van der Waals surface area contributed by atoms with E-state index >= 15 is 0 Å². The molecule has 1 aromatic heterocycles. The van der Waals surface area contributed by atoms with Gasteiger partial charge in [-0.05, 0) is 43.1 Å². The highest BCUT2D eigenvalue weighted by atomic mass is 35.5. The number of amides is 1. The molecule has 0 saturated carbocycles. The van der Waals surface area contributed by atoms with Gasteiger partial charge in [-0.2, -0.15) is 5.10 Å². The predicted octanol–water partition coefficient (Wildman–Crippen LogP) is 2.77. The van der Waals surface area contributed by atoms with Crippen LogP contribution in [0.1, 0.15) is 18.4 Å². The highest BCUT2D eigenvalue weighted by Crippen LogP contribution is 2.23. The number of aromatic amines is 1. The van der Waals surface area contributed by atoms with Crippen LogP contribution in [0.2, 0.25) is 5.02 Å². The lowest BCUT2D eigenvalue weighted by Crippen LogP contribution is -2.25. The van der Waals surface area contributed by atoms with Crippen LogP contribution in [0.5, 0.6) is 0 Å². The first-order valence-electron chi connectivity index (χ1n) is 7.48. The summed E-state index contributed by atoms with van der Waals surface area (Å²) < 4.78 is 0. The Bertz CT molecular complexity index is 636. The smallest absolute Gasteiger partial charge is 0.220 e. The zero-order valence-electron chi connectivity index (χ0n) is 12.6. The van der Waals surface area contributed by atoms with Crippen LogP contribution in [0.15, 0.2) is 30.5 Å². The number of aromatic nitrogens is 2. The molecule has 1 fully saturated rings. The topological polar surface area (TPSA) is 69.8 Å². The molecule has 1 amide bonds. The molecule has 7 heteroatoms. The highest BCUT2D eigenvalue weighted by Gasteiger charge is 2.18. The fraction of sp³-hybridized carbons (Fsp3) is 0.375. The van der Waals surface area contributed by atoms with Crippen LogP contribution in [-0.4, -0.2) is 29.2 Å². The SMILES string of the molecule is Cl.O=C(CC1CCNC1)NCc1cn[nH]c1-c1ccc(Cl)cc1. The first-order chi connectivity index (χ1) is 10.7. The van der Waals surface area contributed by atoms with Crippen molar-refractivity contribution in [2.45, 2.75) is 19.4 Å². The zero-order chi connectivity index (χ0) is 15.4. The molecule has 1 unspecified atom stereocenters. The molecule has 0 aliphatic carbocycles. The Morgan fingerprint density at radius 2 is 2.13 bits per heavy atom. The molecule has 1 saturated heterocycles. The average molecular weight is 355 g/mol. The molecule has 0 spiro atoms. The molecular weight excluding hydrogens is 335 g/mol. The molecule has 1 aliphatic heterocycles. The molecule has 3 N–H and O–H groups in total. The number of H-pyrrole nitrogens is 1. The second kappa shape index (κ2) is 8.34. The molecule has 0 radical (unpaired) electrons. The zero-order valence-corrected chi connectivity index (χ0v) is 14.2. The van der Waals surface area contributed by atoms with Crippen LogP contribution in [0.25, 0.3) is 11.3 Å². The number of rotatable bonds is 5. The summed E-state index contributed by atoms with van der Waals surface area (Å²) >= 11 is 5.91. The second-order valence-electron chi connectivity index (χ2n) is 5.62. The summed E-state index contributed by atoms with van der Waals surface area (Å²) in [6, 6.07) is 7.55. The maximum atomic E-state index is 12.0. The van der Waals surface area contributed by atoms with Gasteiger partial charge in [-0.25, -0.2) is 0 Å². The second-order valence-corrected chi connectivity index (χ2v) is 6.05. The summed E-state index contributed by atoms with van der Waals surface area (Å²) in [5.41, 5.74) is 2.89. The molecular formula is C16H20Cl2N4O. The third-order valence-electron chi connectivity index (χ3n) is 3.96. The van der Waals surface area contributed by atoms with Gasteiger partial charge in [-0.1, -0.05) is 23.7 Å². The van der Waals surface area contributed by atoms with E-state index in [1.165, 1.54) is 0 Å². The maximum Gasteiger partial charge on any atom is 0.220 e. The van der Waals surface area contributed by atoms with Crippen molar-refractivity contribution in [1.82, 2.24) is 20.8 Å². The van der Waals surface area contributed by atoms with Crippen LogP contribution in [-0.2, 0) is 11.3 Å². The predicted molar refractivity (Wildman–Crippen MR) is 93.7 cm³/mol. The number of hydrogen-bond donors (Lipinski definition) is 3. The molecule has 23 heavy (non-hydrogen) atoms. The van der Waals surface area contributed by atoms with E-state index in [2.05, 4.69) is 20.8 Å². The number of nitrogens with one attached hydrogen (secondary N) is 3. The van der Waals surface area contributed by atoms with Gasteiger partial charge in [0.25, 0.3) is 0 Å². The van der Waals surface area contributed by atoms with Gasteiger partial charge < -0.3 is 10.6 Å². The lowest BCUT2D eigenvalue weighted by molar-refractivity contribution is -0.122. The van der Waals surface area contributed by atoms with E-state index in [9.17, 15) is 4.79 Å². The van der Waals surface area contributed by atoms with Gasteiger partial charge in [0.15, 0.2) is 0 Å². The summed E-state index contributed by atoms with van der Waals surface area (Å²) in [7, 11) is 0. The number of halogens is 2. The van der Waals surface area contributed by atoms with Crippen LogP contribution in [0.3, 0.4) is 0 Å². The van der Waals surface area contributed by atoms with Gasteiger partial charge in [0.1, 0.15) is 0 Å². The van der Waals surface area contributed by atoms with E-state index in [1.54, 1.807) is 6.20 Å². The minimum atomic E-state index is 0. The van der Waals surface area contributed by atoms with E-state index in [0.717, 1.165) is 36.3 Å². The first-order valence-corrected chi connectivity index (χ1v) is 7.86. The summed E-state index contributed by atoms with van der Waals surface area (Å²) in [5, 5.41) is 14.0. The number of carbonyl (C=O) groups is 1. The van der Waals surface area contributed by atoms with E-state index in [4.69, 9.17) is 11.6 Å². The molecule has 3 rings (SSSR count). The highest BCUT2D eigenvalue weighted by molar-refractivity contribution is 6.30. The first kappa shape index (κ1) is 17.8. The Balaban J connectivity index is 0.00000192. The number of carbonyl (C=O) groups excluding carboxylic acids is 1. The molecule has 0 bridgehead atoms. The third kappa shape index (κ3) is 4.70. The van der Waals surface area contributed by atoms with Gasteiger partial charge in [-0.15, -0.1) is 12.4 Å². The van der Waals surface area contributed by atoms with Crippen LogP contribution in [0, 0.1) is 5.92 Å². The minimum absolute atomic E-state index is 0. The van der Waals surface area contributed by atoms with E-state index in [0.29, 0.717) is 23.9 Å². The maximum absolute atomic E-state index is 12.0. The standard InChI is InChI=1S/C16H19ClN4O.ClH/c17-14-3-1-12(2-4-14)16-13(10-20-21-16)9-19-15(22)7-11-5-6-18-8-11;/h1-4,10-11,18H,5-9H2,(H,19,22)(H,20,21);1H.